The Balaban J connectivity index is 0.000000913. The Morgan fingerprint density at radius 3 is 2.62 bits per heavy atom. The van der Waals surface area contributed by atoms with Gasteiger partial charge in [0.1, 0.15) is 17.5 Å². The van der Waals surface area contributed by atoms with Gasteiger partial charge in [-0.1, -0.05) is 0 Å². The Hall–Kier alpha value is -3.07. The van der Waals surface area contributed by atoms with Crippen molar-refractivity contribution in [2.75, 3.05) is 40.8 Å². The number of nitrogens with zero attached hydrogens (tertiary/aromatic N) is 2. The third kappa shape index (κ3) is 4.57. The lowest BCUT2D eigenvalue weighted by Gasteiger charge is -2.36. The second-order valence-corrected chi connectivity index (χ2v) is 8.71. The second kappa shape index (κ2) is 9.60. The predicted molar refractivity (Wildman–Crippen MR) is 119 cm³/mol. The number of ether oxygens (including phenoxy) is 2. The number of rotatable bonds is 4. The third-order valence-corrected chi connectivity index (χ3v) is 6.38. The summed E-state index contributed by atoms with van der Waals surface area (Å²) < 4.78 is 10.9. The molecule has 9 heteroatoms. The number of carbonyl (C=O) groups is 3. The summed E-state index contributed by atoms with van der Waals surface area (Å²) in [6.45, 7) is 3.59. The van der Waals surface area contributed by atoms with Gasteiger partial charge in [0.25, 0.3) is 12.4 Å². The summed E-state index contributed by atoms with van der Waals surface area (Å²) in [6.07, 6.45) is 2.02. The largest absolute Gasteiger partial charge is 0.497 e. The van der Waals surface area contributed by atoms with Crippen molar-refractivity contribution in [3.63, 3.8) is 0 Å². The fourth-order valence-corrected chi connectivity index (χ4v) is 4.70. The smallest absolute Gasteiger partial charge is 0.312 e. The summed E-state index contributed by atoms with van der Waals surface area (Å²) >= 11 is 0. The molecule has 2 aliphatic heterocycles. The van der Waals surface area contributed by atoms with Gasteiger partial charge >= 0.3 is 5.97 Å². The molecular weight excluding hydrogens is 414 g/mol. The molecule has 1 amide bonds. The van der Waals surface area contributed by atoms with E-state index in [4.69, 9.17) is 19.4 Å². The Bertz CT molecular complexity index is 991. The molecule has 2 aliphatic rings. The summed E-state index contributed by atoms with van der Waals surface area (Å²) in [5, 5.41) is 7.88. The highest BCUT2D eigenvalue weighted by atomic mass is 16.6. The molecule has 0 aliphatic carbocycles. The number of benzene rings is 1. The van der Waals surface area contributed by atoms with Crippen LogP contribution in [0.3, 0.4) is 0 Å². The normalized spacial score (nSPS) is 19.6. The standard InChI is InChI=1S/C22H29N3O4.CH2O2/c1-14-17-11-15(28-4)5-6-18(17)23-19(14)20(26)25-9-7-22(8-10-25)12-16(13-24(2)3)29-21(22)27;2-1-3/h5-6,11,16,23H,7-10,12-13H2,1-4H3;1H,(H,2,3). The van der Waals surface area contributed by atoms with E-state index in [2.05, 4.69) is 4.98 Å². The first-order chi connectivity index (χ1) is 15.2. The van der Waals surface area contributed by atoms with Crippen molar-refractivity contribution in [1.29, 1.82) is 0 Å². The number of likely N-dealkylation sites (N-methyl/N-ethyl adjacent to an activating group) is 1. The van der Waals surface area contributed by atoms with Crippen molar-refractivity contribution < 1.29 is 29.0 Å². The third-order valence-electron chi connectivity index (χ3n) is 6.38. The maximum atomic E-state index is 13.2. The molecule has 2 N–H and O–H groups in total. The average Bonchev–Trinajstić information content (AvgIpc) is 3.24. The van der Waals surface area contributed by atoms with Crippen molar-refractivity contribution in [1.82, 2.24) is 14.8 Å². The highest BCUT2D eigenvalue weighted by molar-refractivity contribution is 6.01. The zero-order valence-electron chi connectivity index (χ0n) is 19.0. The number of cyclic esters (lactones) is 1. The molecule has 1 spiro atoms. The summed E-state index contributed by atoms with van der Waals surface area (Å²) in [6, 6.07) is 5.76. The number of H-pyrrole nitrogens is 1. The lowest BCUT2D eigenvalue weighted by Crippen LogP contribution is -2.45. The maximum absolute atomic E-state index is 13.2. The number of hydrogen-bond acceptors (Lipinski definition) is 6. The quantitative estimate of drug-likeness (QED) is 0.548. The number of methoxy groups -OCH3 is 1. The van der Waals surface area contributed by atoms with Crippen molar-refractivity contribution >= 4 is 29.3 Å². The van der Waals surface area contributed by atoms with Gasteiger partial charge in [0.2, 0.25) is 0 Å². The van der Waals surface area contributed by atoms with E-state index < -0.39 is 5.41 Å². The van der Waals surface area contributed by atoms with E-state index in [9.17, 15) is 9.59 Å². The first-order valence-corrected chi connectivity index (χ1v) is 10.6. The summed E-state index contributed by atoms with van der Waals surface area (Å²) in [5.74, 6) is 0.666. The summed E-state index contributed by atoms with van der Waals surface area (Å²) in [4.78, 5) is 41.3. The van der Waals surface area contributed by atoms with Crippen LogP contribution in [0, 0.1) is 12.3 Å². The molecule has 2 saturated heterocycles. The molecule has 1 aromatic carbocycles. The molecule has 1 atom stereocenters. The number of piperidine rings is 1. The van der Waals surface area contributed by atoms with Crippen LogP contribution in [0.15, 0.2) is 18.2 Å². The van der Waals surface area contributed by atoms with Crippen LogP contribution in [0.1, 0.15) is 35.3 Å². The minimum Gasteiger partial charge on any atom is -0.497 e. The van der Waals surface area contributed by atoms with Crippen LogP contribution in [-0.4, -0.2) is 85.2 Å². The van der Waals surface area contributed by atoms with Crippen molar-refractivity contribution in [3.05, 3.63) is 29.5 Å². The van der Waals surface area contributed by atoms with Gasteiger partial charge in [-0.15, -0.1) is 0 Å². The fourth-order valence-electron chi connectivity index (χ4n) is 4.70. The number of carbonyl (C=O) groups excluding carboxylic acids is 2. The van der Waals surface area contributed by atoms with Crippen LogP contribution in [0.2, 0.25) is 0 Å². The van der Waals surface area contributed by atoms with E-state index in [1.165, 1.54) is 0 Å². The molecule has 174 valence electrons. The Morgan fingerprint density at radius 1 is 1.38 bits per heavy atom. The molecule has 1 unspecified atom stereocenters. The Labute approximate surface area is 187 Å². The van der Waals surface area contributed by atoms with Crippen molar-refractivity contribution in [2.24, 2.45) is 5.41 Å². The van der Waals surface area contributed by atoms with Gasteiger partial charge in [-0.2, -0.15) is 0 Å². The van der Waals surface area contributed by atoms with E-state index in [1.807, 2.05) is 49.0 Å². The summed E-state index contributed by atoms with van der Waals surface area (Å²) in [7, 11) is 5.60. The molecule has 0 bridgehead atoms. The van der Waals surface area contributed by atoms with Gasteiger partial charge in [0, 0.05) is 37.0 Å². The number of amides is 1. The second-order valence-electron chi connectivity index (χ2n) is 8.71. The lowest BCUT2D eigenvalue weighted by molar-refractivity contribution is -0.150. The minimum atomic E-state index is -0.430. The van der Waals surface area contributed by atoms with Crippen LogP contribution in [0.4, 0.5) is 0 Å². The van der Waals surface area contributed by atoms with E-state index in [0.29, 0.717) is 31.6 Å². The SMILES string of the molecule is COc1ccc2[nH]c(C(=O)N3CCC4(CC3)CC(CN(C)C)OC4=O)c(C)c2c1.O=CO. The van der Waals surface area contributed by atoms with E-state index >= 15 is 0 Å². The topological polar surface area (TPSA) is 112 Å². The number of aryl methyl sites for hydroxylation is 1. The van der Waals surface area contributed by atoms with E-state index in [-0.39, 0.29) is 24.5 Å². The Kier molecular flexibility index (Phi) is 7.08. The van der Waals surface area contributed by atoms with Crippen molar-refractivity contribution in [3.8, 4) is 5.75 Å². The predicted octanol–water partition coefficient (Wildman–Crippen LogP) is 2.29. The summed E-state index contributed by atoms with van der Waals surface area (Å²) in [5.41, 5.74) is 2.03. The van der Waals surface area contributed by atoms with Gasteiger partial charge in [-0.25, -0.2) is 0 Å². The van der Waals surface area contributed by atoms with Crippen LogP contribution < -0.4 is 4.74 Å². The Morgan fingerprint density at radius 2 is 2.03 bits per heavy atom. The first-order valence-electron chi connectivity index (χ1n) is 10.6. The molecule has 9 nitrogen and oxygen atoms in total. The number of nitrogens with one attached hydrogen (secondary N) is 1. The number of likely N-dealkylation sites (tertiary alicyclic amines) is 1. The number of aromatic nitrogens is 1. The molecular formula is C23H31N3O6. The number of esters is 1. The number of hydrogen-bond donors (Lipinski definition) is 2. The monoisotopic (exact) mass is 445 g/mol. The van der Waals surface area contributed by atoms with Gasteiger partial charge in [-0.05, 0) is 57.6 Å². The van der Waals surface area contributed by atoms with Gasteiger partial charge < -0.3 is 29.4 Å². The molecule has 2 fully saturated rings. The number of carboxylic acid groups (broad SMARTS) is 1. The number of aromatic amines is 1. The van der Waals surface area contributed by atoms with Crippen LogP contribution in [0.25, 0.3) is 10.9 Å². The average molecular weight is 446 g/mol. The molecule has 32 heavy (non-hydrogen) atoms. The molecule has 2 aromatic rings. The molecule has 4 rings (SSSR count). The zero-order valence-corrected chi connectivity index (χ0v) is 19.0. The first kappa shape index (κ1) is 23.6. The molecule has 1 aromatic heterocycles. The van der Waals surface area contributed by atoms with Gasteiger partial charge in [-0.3, -0.25) is 14.4 Å². The van der Waals surface area contributed by atoms with Crippen LogP contribution >= 0.6 is 0 Å². The molecule has 0 saturated carbocycles. The molecule has 3 heterocycles. The highest BCUT2D eigenvalue weighted by Crippen LogP contribution is 2.43. The van der Waals surface area contributed by atoms with E-state index in [0.717, 1.165) is 35.2 Å². The van der Waals surface area contributed by atoms with Crippen LogP contribution in [-0.2, 0) is 14.3 Å². The highest BCUT2D eigenvalue weighted by Gasteiger charge is 2.50. The van der Waals surface area contributed by atoms with Gasteiger partial charge in [0.05, 0.1) is 12.5 Å². The van der Waals surface area contributed by atoms with Crippen LogP contribution in [0.5, 0.6) is 5.75 Å². The zero-order chi connectivity index (χ0) is 23.5. The molecule has 0 radical (unpaired) electrons. The minimum absolute atomic E-state index is 0.0104. The van der Waals surface area contributed by atoms with Crippen molar-refractivity contribution in [2.45, 2.75) is 32.3 Å². The van der Waals surface area contributed by atoms with E-state index in [1.54, 1.807) is 7.11 Å². The number of fused-ring (bicyclic) bond motifs is 1. The lowest BCUT2D eigenvalue weighted by atomic mass is 9.76. The van der Waals surface area contributed by atoms with Gasteiger partial charge in [0.15, 0.2) is 0 Å². The fraction of sp³-hybridized carbons (Fsp3) is 0.522. The maximum Gasteiger partial charge on any atom is 0.312 e.